The van der Waals surface area contributed by atoms with Gasteiger partial charge < -0.3 is 10.6 Å². The highest BCUT2D eigenvalue weighted by molar-refractivity contribution is 5.85. The zero-order valence-corrected chi connectivity index (χ0v) is 15.2. The monoisotopic (exact) mass is 348 g/mol. The van der Waals surface area contributed by atoms with Gasteiger partial charge in [0, 0.05) is 17.9 Å². The number of hydrogen-bond donors (Lipinski definition) is 2. The summed E-state index contributed by atoms with van der Waals surface area (Å²) in [5, 5.41) is 6.75. The Morgan fingerprint density at radius 1 is 1.08 bits per heavy atom. The number of amides is 1. The summed E-state index contributed by atoms with van der Waals surface area (Å²) in [6, 6.07) is 10.8. The number of carbonyl (C=O) groups excluding carboxylic acids is 1. The molecular formula is C20H29ClN2O. The first kappa shape index (κ1) is 17.8. The number of rotatable bonds is 4. The molecule has 3 fully saturated rings. The van der Waals surface area contributed by atoms with Gasteiger partial charge in [0.2, 0.25) is 5.91 Å². The van der Waals surface area contributed by atoms with E-state index in [1.165, 1.54) is 44.1 Å². The summed E-state index contributed by atoms with van der Waals surface area (Å²) in [4.78, 5) is 12.7. The fourth-order valence-electron chi connectivity index (χ4n) is 4.99. The van der Waals surface area contributed by atoms with Crippen LogP contribution in [0.4, 0.5) is 0 Å². The van der Waals surface area contributed by atoms with Crippen LogP contribution >= 0.6 is 12.4 Å². The molecule has 0 radical (unpaired) electrons. The van der Waals surface area contributed by atoms with Gasteiger partial charge in [-0.15, -0.1) is 12.4 Å². The summed E-state index contributed by atoms with van der Waals surface area (Å²) in [6.45, 7) is 2.98. The first-order chi connectivity index (χ1) is 11.2. The van der Waals surface area contributed by atoms with Crippen LogP contribution in [0.1, 0.15) is 50.5 Å². The first-order valence-electron chi connectivity index (χ1n) is 9.28. The van der Waals surface area contributed by atoms with E-state index in [1.54, 1.807) is 0 Å². The number of benzene rings is 1. The van der Waals surface area contributed by atoms with E-state index in [-0.39, 0.29) is 23.7 Å². The van der Waals surface area contributed by atoms with Crippen molar-refractivity contribution in [1.29, 1.82) is 0 Å². The van der Waals surface area contributed by atoms with Gasteiger partial charge in [0.25, 0.3) is 0 Å². The second kappa shape index (κ2) is 7.05. The number of carbonyl (C=O) groups is 1. The molecule has 2 N–H and O–H groups in total. The minimum atomic E-state index is 0. The van der Waals surface area contributed by atoms with Gasteiger partial charge in [0.1, 0.15) is 0 Å². The molecule has 4 rings (SSSR count). The van der Waals surface area contributed by atoms with Gasteiger partial charge in [-0.25, -0.2) is 0 Å². The van der Waals surface area contributed by atoms with Gasteiger partial charge in [-0.05, 0) is 56.2 Å². The van der Waals surface area contributed by atoms with E-state index < -0.39 is 0 Å². The molecule has 1 aromatic rings. The minimum Gasteiger partial charge on any atom is -0.355 e. The molecule has 1 amide bonds. The third-order valence-corrected chi connectivity index (χ3v) is 6.65. The topological polar surface area (TPSA) is 41.1 Å². The van der Waals surface area contributed by atoms with Crippen molar-refractivity contribution in [2.45, 2.75) is 50.4 Å². The molecule has 2 aliphatic carbocycles. The third-order valence-electron chi connectivity index (χ3n) is 6.65. The van der Waals surface area contributed by atoms with E-state index in [1.807, 2.05) is 0 Å². The summed E-state index contributed by atoms with van der Waals surface area (Å²) >= 11 is 0. The summed E-state index contributed by atoms with van der Waals surface area (Å²) in [5.74, 6) is 0.591. The Balaban J connectivity index is 0.00000169. The van der Waals surface area contributed by atoms with Crippen LogP contribution in [-0.4, -0.2) is 25.5 Å². The number of piperidine rings is 1. The lowest BCUT2D eigenvalue weighted by Crippen LogP contribution is -2.41. The maximum atomic E-state index is 12.7. The standard InChI is InChI=1S/C20H28N2O.ClH/c23-18(17-14-19(17)10-12-21-13-11-19)22-15-20(8-4-5-9-20)16-6-2-1-3-7-16;/h1-3,6-7,17,21H,4-5,8-15H2,(H,22,23);1H. The van der Waals surface area contributed by atoms with Crippen LogP contribution in [0, 0.1) is 11.3 Å². The van der Waals surface area contributed by atoms with Gasteiger partial charge in [-0.1, -0.05) is 43.2 Å². The number of nitrogens with one attached hydrogen (secondary N) is 2. The highest BCUT2D eigenvalue weighted by Crippen LogP contribution is 2.58. The summed E-state index contributed by atoms with van der Waals surface area (Å²) in [7, 11) is 0. The second-order valence-corrected chi connectivity index (χ2v) is 7.94. The fourth-order valence-corrected chi connectivity index (χ4v) is 4.99. The molecule has 2 saturated carbocycles. The van der Waals surface area contributed by atoms with Crippen LogP contribution in [0.15, 0.2) is 30.3 Å². The van der Waals surface area contributed by atoms with Crippen molar-refractivity contribution in [2.24, 2.45) is 11.3 Å². The van der Waals surface area contributed by atoms with Crippen LogP contribution in [0.2, 0.25) is 0 Å². The van der Waals surface area contributed by atoms with E-state index >= 15 is 0 Å². The molecule has 0 aromatic heterocycles. The molecule has 1 aromatic carbocycles. The van der Waals surface area contributed by atoms with Crippen molar-refractivity contribution in [3.05, 3.63) is 35.9 Å². The molecule has 1 atom stereocenters. The molecule has 1 saturated heterocycles. The fraction of sp³-hybridized carbons (Fsp3) is 0.650. The first-order valence-corrected chi connectivity index (χ1v) is 9.28. The molecule has 132 valence electrons. The molecule has 1 heterocycles. The number of halogens is 1. The van der Waals surface area contributed by atoms with Gasteiger partial charge in [-0.2, -0.15) is 0 Å². The van der Waals surface area contributed by atoms with Crippen molar-refractivity contribution in [3.63, 3.8) is 0 Å². The largest absolute Gasteiger partial charge is 0.355 e. The van der Waals surface area contributed by atoms with E-state index in [2.05, 4.69) is 41.0 Å². The molecule has 3 nitrogen and oxygen atoms in total. The summed E-state index contributed by atoms with van der Waals surface area (Å²) in [6.07, 6.45) is 8.43. The van der Waals surface area contributed by atoms with Gasteiger partial charge >= 0.3 is 0 Å². The molecular weight excluding hydrogens is 320 g/mol. The highest BCUT2D eigenvalue weighted by atomic mass is 35.5. The van der Waals surface area contributed by atoms with Crippen molar-refractivity contribution >= 4 is 18.3 Å². The third kappa shape index (κ3) is 3.21. The van der Waals surface area contributed by atoms with Crippen molar-refractivity contribution in [3.8, 4) is 0 Å². The smallest absolute Gasteiger partial charge is 0.223 e. The average Bonchev–Trinajstić information content (AvgIpc) is 3.08. The van der Waals surface area contributed by atoms with E-state index in [0.717, 1.165) is 26.1 Å². The van der Waals surface area contributed by atoms with Gasteiger partial charge in [0.05, 0.1) is 0 Å². The summed E-state index contributed by atoms with van der Waals surface area (Å²) < 4.78 is 0. The van der Waals surface area contributed by atoms with E-state index in [4.69, 9.17) is 0 Å². The predicted molar refractivity (Wildman–Crippen MR) is 99.5 cm³/mol. The van der Waals surface area contributed by atoms with Crippen LogP contribution in [-0.2, 0) is 10.2 Å². The van der Waals surface area contributed by atoms with Crippen LogP contribution in [0.5, 0.6) is 0 Å². The lowest BCUT2D eigenvalue weighted by atomic mass is 9.78. The van der Waals surface area contributed by atoms with Crippen molar-refractivity contribution < 1.29 is 4.79 Å². The minimum absolute atomic E-state index is 0. The highest BCUT2D eigenvalue weighted by Gasteiger charge is 2.57. The molecule has 1 unspecified atom stereocenters. The Kier molecular flexibility index (Phi) is 5.22. The Bertz CT molecular complexity index is 562. The Hall–Kier alpha value is -1.06. The van der Waals surface area contributed by atoms with Gasteiger partial charge in [0.15, 0.2) is 0 Å². The van der Waals surface area contributed by atoms with E-state index in [9.17, 15) is 4.79 Å². The zero-order chi connectivity index (χ0) is 15.8. The molecule has 4 heteroatoms. The Morgan fingerprint density at radius 2 is 1.75 bits per heavy atom. The molecule has 24 heavy (non-hydrogen) atoms. The second-order valence-electron chi connectivity index (χ2n) is 7.94. The van der Waals surface area contributed by atoms with Crippen molar-refractivity contribution in [2.75, 3.05) is 19.6 Å². The lowest BCUT2D eigenvalue weighted by Gasteiger charge is -2.30. The zero-order valence-electron chi connectivity index (χ0n) is 14.4. The Morgan fingerprint density at radius 3 is 2.42 bits per heavy atom. The quantitative estimate of drug-likeness (QED) is 0.875. The maximum Gasteiger partial charge on any atom is 0.223 e. The van der Waals surface area contributed by atoms with Crippen molar-refractivity contribution in [1.82, 2.24) is 10.6 Å². The van der Waals surface area contributed by atoms with Crippen LogP contribution in [0.3, 0.4) is 0 Å². The van der Waals surface area contributed by atoms with Crippen LogP contribution in [0.25, 0.3) is 0 Å². The van der Waals surface area contributed by atoms with Crippen LogP contribution < -0.4 is 10.6 Å². The normalized spacial score (nSPS) is 26.6. The lowest BCUT2D eigenvalue weighted by molar-refractivity contribution is -0.123. The Labute approximate surface area is 151 Å². The number of hydrogen-bond acceptors (Lipinski definition) is 2. The molecule has 1 spiro atoms. The van der Waals surface area contributed by atoms with E-state index in [0.29, 0.717) is 11.3 Å². The summed E-state index contributed by atoms with van der Waals surface area (Å²) in [5.41, 5.74) is 1.92. The average molecular weight is 349 g/mol. The SMILES string of the molecule is Cl.O=C(NCC1(c2ccccc2)CCCC1)C1CC12CCNCC2. The maximum absolute atomic E-state index is 12.7. The molecule has 1 aliphatic heterocycles. The molecule has 0 bridgehead atoms. The predicted octanol–water partition coefficient (Wildman–Crippen LogP) is 3.43. The van der Waals surface area contributed by atoms with Gasteiger partial charge in [-0.3, -0.25) is 4.79 Å². The molecule has 3 aliphatic rings.